The molecule has 0 fully saturated rings. The van der Waals surface area contributed by atoms with E-state index < -0.39 is 17.3 Å². The van der Waals surface area contributed by atoms with Gasteiger partial charge in [-0.05, 0) is 6.07 Å². The first-order chi connectivity index (χ1) is 11.5. The number of rotatable bonds is 6. The summed E-state index contributed by atoms with van der Waals surface area (Å²) in [7, 11) is 1.47. The molecule has 6 nitrogen and oxygen atoms in total. The number of anilines is 1. The highest BCUT2D eigenvalue weighted by molar-refractivity contribution is 6.46. The minimum Gasteiger partial charge on any atom is -0.460 e. The lowest BCUT2D eigenvalue weighted by molar-refractivity contribution is -0.114. The summed E-state index contributed by atoms with van der Waals surface area (Å²) < 4.78 is 9.93. The second-order valence-electron chi connectivity index (χ2n) is 6.36. The van der Waals surface area contributed by atoms with Crippen LogP contribution in [0.25, 0.3) is 0 Å². The zero-order valence-corrected chi connectivity index (χ0v) is 16.3. The van der Waals surface area contributed by atoms with Gasteiger partial charge in [0.05, 0.1) is 33.5 Å². The molecule has 138 valence electrons. The third kappa shape index (κ3) is 5.42. The topological polar surface area (TPSA) is 81.7 Å². The van der Waals surface area contributed by atoms with Crippen LogP contribution in [0.1, 0.15) is 48.4 Å². The maximum Gasteiger partial charge on any atom is 0.339 e. The summed E-state index contributed by atoms with van der Waals surface area (Å²) in [6, 6.07) is 1.30. The van der Waals surface area contributed by atoms with Crippen molar-refractivity contribution in [1.82, 2.24) is 0 Å². The SMILES string of the molecule is COCCOC(=O)c1cc(NC(C)=O)c(Cl)c(Cl)c1C(=O)C(C)(C)C. The molecule has 0 bridgehead atoms. The Hall–Kier alpha value is -1.63. The van der Waals surface area contributed by atoms with Gasteiger partial charge in [-0.1, -0.05) is 44.0 Å². The molecule has 0 atom stereocenters. The Morgan fingerprint density at radius 1 is 1.12 bits per heavy atom. The Morgan fingerprint density at radius 2 is 1.72 bits per heavy atom. The standard InChI is InChI=1S/C17H21Cl2NO5/c1-9(21)20-11-8-10(16(23)25-7-6-24-5)12(14(19)13(11)18)15(22)17(2,3)4/h8H,6-7H2,1-5H3,(H,20,21). The van der Waals surface area contributed by atoms with Crippen LogP contribution in [0, 0.1) is 5.41 Å². The van der Waals surface area contributed by atoms with Crippen LogP contribution in [0.15, 0.2) is 6.07 Å². The molecule has 0 unspecified atom stereocenters. The summed E-state index contributed by atoms with van der Waals surface area (Å²) in [5.74, 6) is -1.52. The lowest BCUT2D eigenvalue weighted by Gasteiger charge is -2.21. The number of ketones is 1. The zero-order chi connectivity index (χ0) is 19.4. The van der Waals surface area contributed by atoms with Gasteiger partial charge in [0.2, 0.25) is 5.91 Å². The highest BCUT2D eigenvalue weighted by Gasteiger charge is 2.32. The number of nitrogens with one attached hydrogen (secondary N) is 1. The maximum absolute atomic E-state index is 12.8. The summed E-state index contributed by atoms with van der Waals surface area (Å²) in [4.78, 5) is 36.5. The molecule has 1 rings (SSSR count). The predicted octanol–water partition coefficient (Wildman–Crippen LogP) is 3.98. The number of carbonyl (C=O) groups is 3. The Bertz CT molecular complexity index is 695. The molecular weight excluding hydrogens is 369 g/mol. The molecule has 8 heteroatoms. The van der Waals surface area contributed by atoms with Crippen LogP contribution in [0.2, 0.25) is 10.0 Å². The molecule has 0 aliphatic heterocycles. The van der Waals surface area contributed by atoms with E-state index in [0.29, 0.717) is 0 Å². The van der Waals surface area contributed by atoms with E-state index in [0.717, 1.165) is 0 Å². The van der Waals surface area contributed by atoms with Gasteiger partial charge in [-0.15, -0.1) is 0 Å². The quantitative estimate of drug-likeness (QED) is 0.451. The van der Waals surface area contributed by atoms with Crippen molar-refractivity contribution in [1.29, 1.82) is 0 Å². The normalized spacial score (nSPS) is 11.2. The van der Waals surface area contributed by atoms with Gasteiger partial charge < -0.3 is 14.8 Å². The molecule has 0 saturated heterocycles. The number of benzene rings is 1. The summed E-state index contributed by atoms with van der Waals surface area (Å²) in [6.45, 7) is 6.58. The molecule has 25 heavy (non-hydrogen) atoms. The Labute approximate surface area is 156 Å². The Kier molecular flexibility index (Phi) is 7.41. The average Bonchev–Trinajstić information content (AvgIpc) is 2.49. The van der Waals surface area contributed by atoms with Crippen LogP contribution in [0.4, 0.5) is 5.69 Å². The lowest BCUT2D eigenvalue weighted by Crippen LogP contribution is -2.25. The fourth-order valence-corrected chi connectivity index (χ4v) is 2.45. The molecule has 0 saturated carbocycles. The molecular formula is C17H21Cl2NO5. The van der Waals surface area contributed by atoms with Gasteiger partial charge in [0.25, 0.3) is 0 Å². The van der Waals surface area contributed by atoms with E-state index in [9.17, 15) is 14.4 Å². The number of carbonyl (C=O) groups excluding carboxylic acids is 3. The van der Waals surface area contributed by atoms with Crippen LogP contribution < -0.4 is 5.32 Å². The zero-order valence-electron chi connectivity index (χ0n) is 14.8. The summed E-state index contributed by atoms with van der Waals surface area (Å²) >= 11 is 12.4. The third-order valence-electron chi connectivity index (χ3n) is 3.17. The summed E-state index contributed by atoms with van der Waals surface area (Å²) in [6.07, 6.45) is 0. The highest BCUT2D eigenvalue weighted by Crippen LogP contribution is 2.38. The molecule has 0 aliphatic rings. The smallest absolute Gasteiger partial charge is 0.339 e. The molecule has 0 aliphatic carbocycles. The molecule has 1 N–H and O–H groups in total. The molecule has 0 radical (unpaired) electrons. The van der Waals surface area contributed by atoms with E-state index >= 15 is 0 Å². The minimum atomic E-state index is -0.802. The first-order valence-corrected chi connectivity index (χ1v) is 8.26. The van der Waals surface area contributed by atoms with Crippen LogP contribution in [0.3, 0.4) is 0 Å². The van der Waals surface area contributed by atoms with Crippen molar-refractivity contribution >= 4 is 46.5 Å². The van der Waals surface area contributed by atoms with Crippen molar-refractivity contribution < 1.29 is 23.9 Å². The van der Waals surface area contributed by atoms with Crippen LogP contribution >= 0.6 is 23.2 Å². The number of hydrogen-bond acceptors (Lipinski definition) is 5. The second-order valence-corrected chi connectivity index (χ2v) is 7.12. The minimum absolute atomic E-state index is 0.00813. The number of Topliss-reactive ketones (excluding diaryl/α,β-unsaturated/α-hetero) is 1. The van der Waals surface area contributed by atoms with Gasteiger partial charge in [0, 0.05) is 19.4 Å². The van der Waals surface area contributed by atoms with Crippen LogP contribution in [-0.2, 0) is 14.3 Å². The molecule has 1 aromatic carbocycles. The van der Waals surface area contributed by atoms with Gasteiger partial charge >= 0.3 is 5.97 Å². The van der Waals surface area contributed by atoms with Gasteiger partial charge in [-0.25, -0.2) is 4.79 Å². The second kappa shape index (κ2) is 8.65. The first kappa shape index (κ1) is 21.4. The Morgan fingerprint density at radius 3 is 2.20 bits per heavy atom. The van der Waals surface area contributed by atoms with Crippen LogP contribution in [-0.4, -0.2) is 38.0 Å². The van der Waals surface area contributed by atoms with Gasteiger partial charge in [-0.2, -0.15) is 0 Å². The fraction of sp³-hybridized carbons (Fsp3) is 0.471. The van der Waals surface area contributed by atoms with Crippen molar-refractivity contribution in [2.45, 2.75) is 27.7 Å². The largest absolute Gasteiger partial charge is 0.460 e. The van der Waals surface area contributed by atoms with E-state index in [1.165, 1.54) is 20.1 Å². The fourth-order valence-electron chi connectivity index (χ4n) is 1.96. The van der Waals surface area contributed by atoms with E-state index in [1.54, 1.807) is 20.8 Å². The van der Waals surface area contributed by atoms with E-state index in [-0.39, 0.29) is 45.9 Å². The summed E-state index contributed by atoms with van der Waals surface area (Å²) in [5.41, 5.74) is -0.766. The van der Waals surface area contributed by atoms with E-state index in [2.05, 4.69) is 5.32 Å². The van der Waals surface area contributed by atoms with E-state index in [1.807, 2.05) is 0 Å². The number of ether oxygens (including phenoxy) is 2. The van der Waals surface area contributed by atoms with Crippen molar-refractivity contribution in [2.75, 3.05) is 25.6 Å². The molecule has 1 amide bonds. The molecule has 0 aromatic heterocycles. The number of halogens is 2. The van der Waals surface area contributed by atoms with Crippen molar-refractivity contribution in [3.05, 3.63) is 27.2 Å². The van der Waals surface area contributed by atoms with Crippen LogP contribution in [0.5, 0.6) is 0 Å². The number of amides is 1. The van der Waals surface area contributed by atoms with Gasteiger partial charge in [-0.3, -0.25) is 9.59 Å². The molecule has 0 spiro atoms. The van der Waals surface area contributed by atoms with Crippen molar-refractivity contribution in [3.63, 3.8) is 0 Å². The number of hydrogen-bond donors (Lipinski definition) is 1. The van der Waals surface area contributed by atoms with Crippen molar-refractivity contribution in [3.8, 4) is 0 Å². The Balaban J connectivity index is 3.51. The maximum atomic E-state index is 12.8. The average molecular weight is 390 g/mol. The third-order valence-corrected chi connectivity index (χ3v) is 4.03. The van der Waals surface area contributed by atoms with Crippen molar-refractivity contribution in [2.24, 2.45) is 5.41 Å². The van der Waals surface area contributed by atoms with Gasteiger partial charge in [0.15, 0.2) is 5.78 Å². The number of methoxy groups -OCH3 is 1. The first-order valence-electron chi connectivity index (χ1n) is 7.51. The monoisotopic (exact) mass is 389 g/mol. The lowest BCUT2D eigenvalue weighted by atomic mass is 9.84. The molecule has 0 heterocycles. The summed E-state index contributed by atoms with van der Waals surface area (Å²) in [5, 5.41) is 2.36. The molecule has 1 aromatic rings. The van der Waals surface area contributed by atoms with E-state index in [4.69, 9.17) is 32.7 Å². The highest BCUT2D eigenvalue weighted by atomic mass is 35.5. The van der Waals surface area contributed by atoms with Gasteiger partial charge in [0.1, 0.15) is 6.61 Å². The number of esters is 1. The predicted molar refractivity (Wildman–Crippen MR) is 96.7 cm³/mol.